The van der Waals surface area contributed by atoms with Crippen LogP contribution in [0.3, 0.4) is 0 Å². The highest BCUT2D eigenvalue weighted by atomic mass is 16.5. The van der Waals surface area contributed by atoms with Crippen molar-refractivity contribution >= 4 is 0 Å². The number of ether oxygens (including phenoxy) is 1. The fraction of sp³-hybridized carbons (Fsp3) is 0.647. The van der Waals surface area contributed by atoms with Crippen LogP contribution < -0.4 is 4.74 Å². The van der Waals surface area contributed by atoms with Gasteiger partial charge in [-0.2, -0.15) is 0 Å². The first-order chi connectivity index (χ1) is 8.51. The maximum Gasteiger partial charge on any atom is 0.123 e. The highest BCUT2D eigenvalue weighted by Gasteiger charge is 2.31. The van der Waals surface area contributed by atoms with Crippen LogP contribution in [0.1, 0.15) is 66.9 Å². The lowest BCUT2D eigenvalue weighted by molar-refractivity contribution is 0.150. The first kappa shape index (κ1) is 17.0. The average molecular weight is 250 g/mol. The molecule has 0 saturated heterocycles. The van der Waals surface area contributed by atoms with Gasteiger partial charge in [0.2, 0.25) is 0 Å². The van der Waals surface area contributed by atoms with Crippen LogP contribution >= 0.6 is 0 Å². The summed E-state index contributed by atoms with van der Waals surface area (Å²) in [6, 6.07) is 8.35. The van der Waals surface area contributed by atoms with Gasteiger partial charge in [-0.15, -0.1) is 0 Å². The van der Waals surface area contributed by atoms with Crippen molar-refractivity contribution in [1.82, 2.24) is 0 Å². The van der Waals surface area contributed by atoms with Gasteiger partial charge in [0.05, 0.1) is 6.10 Å². The van der Waals surface area contributed by atoms with Gasteiger partial charge in [-0.05, 0) is 30.4 Å². The van der Waals surface area contributed by atoms with Crippen LogP contribution in [-0.4, -0.2) is 6.10 Å². The zero-order valence-corrected chi connectivity index (χ0v) is 13.2. The van der Waals surface area contributed by atoms with Crippen molar-refractivity contribution in [2.45, 2.75) is 72.8 Å². The standard InChI is InChI=1S/C12H16O.C3H8.C2H6/c1-9-8-12(2,3)10-6-4-5-7-11(10)13-9;1-3-2;1-2/h4-7,9H,8H2,1-3H3;3H2,1-2H3;1-2H3. The summed E-state index contributed by atoms with van der Waals surface area (Å²) >= 11 is 0. The number of para-hydroxylation sites is 1. The molecule has 2 rings (SSSR count). The molecule has 1 heterocycles. The van der Waals surface area contributed by atoms with E-state index in [1.165, 1.54) is 12.0 Å². The molecule has 1 aromatic rings. The van der Waals surface area contributed by atoms with Gasteiger partial charge in [-0.1, -0.05) is 66.2 Å². The normalized spacial score (nSPS) is 19.2. The molecule has 0 amide bonds. The summed E-state index contributed by atoms with van der Waals surface area (Å²) < 4.78 is 5.77. The molecule has 1 aromatic carbocycles. The third-order valence-corrected chi connectivity index (χ3v) is 2.74. The lowest BCUT2D eigenvalue weighted by Crippen LogP contribution is -2.32. The molecule has 0 saturated carbocycles. The predicted molar refractivity (Wildman–Crippen MR) is 81.5 cm³/mol. The molecule has 0 aliphatic carbocycles. The molecule has 1 heteroatoms. The minimum absolute atomic E-state index is 0.258. The minimum Gasteiger partial charge on any atom is -0.490 e. The topological polar surface area (TPSA) is 9.23 Å². The summed E-state index contributed by atoms with van der Waals surface area (Å²) in [7, 11) is 0. The van der Waals surface area contributed by atoms with Crippen molar-refractivity contribution in [3.8, 4) is 5.75 Å². The Kier molecular flexibility index (Phi) is 7.73. The van der Waals surface area contributed by atoms with E-state index in [1.807, 2.05) is 19.9 Å². The van der Waals surface area contributed by atoms with Crippen molar-refractivity contribution in [2.75, 3.05) is 0 Å². The van der Waals surface area contributed by atoms with Crippen molar-refractivity contribution in [2.24, 2.45) is 0 Å². The molecular formula is C17H30O. The highest BCUT2D eigenvalue weighted by molar-refractivity contribution is 5.40. The highest BCUT2D eigenvalue weighted by Crippen LogP contribution is 2.40. The molecule has 18 heavy (non-hydrogen) atoms. The van der Waals surface area contributed by atoms with Crippen LogP contribution in [0.5, 0.6) is 5.75 Å². The van der Waals surface area contributed by atoms with Crippen LogP contribution in [0.2, 0.25) is 0 Å². The van der Waals surface area contributed by atoms with E-state index in [2.05, 4.69) is 52.8 Å². The Balaban J connectivity index is 0.000000509. The number of benzene rings is 1. The summed E-state index contributed by atoms with van der Waals surface area (Å²) in [6.45, 7) is 15.0. The maximum atomic E-state index is 5.77. The van der Waals surface area contributed by atoms with Gasteiger partial charge < -0.3 is 4.74 Å². The van der Waals surface area contributed by atoms with Gasteiger partial charge in [0.15, 0.2) is 0 Å². The molecule has 104 valence electrons. The van der Waals surface area contributed by atoms with E-state index in [4.69, 9.17) is 4.74 Å². The lowest BCUT2D eigenvalue weighted by Gasteiger charge is -2.36. The molecule has 0 bridgehead atoms. The lowest BCUT2D eigenvalue weighted by atomic mass is 9.78. The average Bonchev–Trinajstić information content (AvgIpc) is 2.31. The molecule has 1 aliphatic rings. The van der Waals surface area contributed by atoms with Crippen molar-refractivity contribution in [3.63, 3.8) is 0 Å². The summed E-state index contributed by atoms with van der Waals surface area (Å²) in [5.74, 6) is 1.06. The van der Waals surface area contributed by atoms with Gasteiger partial charge in [0.1, 0.15) is 5.75 Å². The molecule has 0 N–H and O–H groups in total. The van der Waals surface area contributed by atoms with Crippen LogP contribution in [-0.2, 0) is 5.41 Å². The van der Waals surface area contributed by atoms with E-state index in [0.717, 1.165) is 12.2 Å². The fourth-order valence-electron chi connectivity index (χ4n) is 2.22. The van der Waals surface area contributed by atoms with Gasteiger partial charge in [-0.25, -0.2) is 0 Å². The second kappa shape index (κ2) is 8.18. The first-order valence-corrected chi connectivity index (χ1v) is 7.27. The zero-order chi connectivity index (χ0) is 14.2. The van der Waals surface area contributed by atoms with Crippen molar-refractivity contribution < 1.29 is 4.74 Å². The molecule has 1 aliphatic heterocycles. The number of rotatable bonds is 0. The number of hydrogen-bond donors (Lipinski definition) is 0. The van der Waals surface area contributed by atoms with E-state index in [0.29, 0.717) is 6.10 Å². The molecule has 1 atom stereocenters. The third kappa shape index (κ3) is 4.72. The maximum absolute atomic E-state index is 5.77. The molecule has 1 nitrogen and oxygen atoms in total. The zero-order valence-electron chi connectivity index (χ0n) is 13.2. The predicted octanol–water partition coefficient (Wildman–Crippen LogP) is 5.58. The molecule has 0 spiro atoms. The molecular weight excluding hydrogens is 220 g/mol. The monoisotopic (exact) mass is 250 g/mol. The summed E-state index contributed by atoms with van der Waals surface area (Å²) in [5, 5.41) is 0. The first-order valence-electron chi connectivity index (χ1n) is 7.27. The summed E-state index contributed by atoms with van der Waals surface area (Å²) in [4.78, 5) is 0. The Morgan fingerprint density at radius 1 is 1.17 bits per heavy atom. The van der Waals surface area contributed by atoms with E-state index in [-0.39, 0.29) is 5.41 Å². The van der Waals surface area contributed by atoms with E-state index < -0.39 is 0 Å². The van der Waals surface area contributed by atoms with Crippen molar-refractivity contribution in [3.05, 3.63) is 29.8 Å². The quantitative estimate of drug-likeness (QED) is 0.584. The largest absolute Gasteiger partial charge is 0.490 e. The van der Waals surface area contributed by atoms with Crippen LogP contribution in [0.25, 0.3) is 0 Å². The number of hydrogen-bond acceptors (Lipinski definition) is 1. The second-order valence-electron chi connectivity index (χ2n) is 5.22. The fourth-order valence-corrected chi connectivity index (χ4v) is 2.22. The SMILES string of the molecule is CC.CC1CC(C)(C)c2ccccc2O1.CCC. The molecule has 0 radical (unpaired) electrons. The van der Waals surface area contributed by atoms with Gasteiger partial charge >= 0.3 is 0 Å². The van der Waals surface area contributed by atoms with Crippen LogP contribution in [0, 0.1) is 0 Å². The van der Waals surface area contributed by atoms with Crippen molar-refractivity contribution in [1.29, 1.82) is 0 Å². The molecule has 0 aromatic heterocycles. The number of fused-ring (bicyclic) bond motifs is 1. The third-order valence-electron chi connectivity index (χ3n) is 2.74. The van der Waals surface area contributed by atoms with Gasteiger partial charge in [0, 0.05) is 0 Å². The van der Waals surface area contributed by atoms with E-state index in [1.54, 1.807) is 0 Å². The Morgan fingerprint density at radius 2 is 1.67 bits per heavy atom. The van der Waals surface area contributed by atoms with Crippen LogP contribution in [0.4, 0.5) is 0 Å². The minimum atomic E-state index is 0.258. The summed E-state index contributed by atoms with van der Waals surface area (Å²) in [5.41, 5.74) is 1.60. The Labute approximate surface area is 114 Å². The molecule has 1 unspecified atom stereocenters. The van der Waals surface area contributed by atoms with Gasteiger partial charge in [-0.3, -0.25) is 0 Å². The van der Waals surface area contributed by atoms with Gasteiger partial charge in [0.25, 0.3) is 0 Å². The Morgan fingerprint density at radius 3 is 2.22 bits per heavy atom. The Bertz CT molecular complexity index is 328. The van der Waals surface area contributed by atoms with E-state index >= 15 is 0 Å². The Hall–Kier alpha value is -0.980. The second-order valence-corrected chi connectivity index (χ2v) is 5.22. The summed E-state index contributed by atoms with van der Waals surface area (Å²) in [6.07, 6.45) is 2.69. The molecule has 0 fully saturated rings. The van der Waals surface area contributed by atoms with E-state index in [9.17, 15) is 0 Å². The smallest absolute Gasteiger partial charge is 0.123 e. The van der Waals surface area contributed by atoms with Crippen LogP contribution in [0.15, 0.2) is 24.3 Å².